The van der Waals surface area contributed by atoms with Gasteiger partial charge in [-0.05, 0) is 54.8 Å². The smallest absolute Gasteiger partial charge is 0.168 e. The van der Waals surface area contributed by atoms with Crippen molar-refractivity contribution in [3.8, 4) is 5.69 Å². The van der Waals surface area contributed by atoms with Crippen molar-refractivity contribution in [1.82, 2.24) is 9.78 Å². The van der Waals surface area contributed by atoms with Crippen LogP contribution in [0, 0.1) is 5.92 Å². The minimum absolute atomic E-state index is 0.0894. The summed E-state index contributed by atoms with van der Waals surface area (Å²) in [5.41, 5.74) is 3.12. The summed E-state index contributed by atoms with van der Waals surface area (Å²) in [6.45, 7) is 2.08. The molecule has 1 heterocycles. The molecule has 0 saturated carbocycles. The number of anilines is 2. The molecule has 1 aromatic heterocycles. The topological polar surface area (TPSA) is 46.9 Å². The summed E-state index contributed by atoms with van der Waals surface area (Å²) in [5.74, 6) is 0.882. The molecule has 0 aliphatic heterocycles. The van der Waals surface area contributed by atoms with E-state index >= 15 is 0 Å². The highest BCUT2D eigenvalue weighted by molar-refractivity contribution is 6.42. The van der Waals surface area contributed by atoms with Gasteiger partial charge in [0.1, 0.15) is 0 Å². The molecule has 1 N–H and O–H groups in total. The van der Waals surface area contributed by atoms with Gasteiger partial charge in [0.05, 0.1) is 27.0 Å². The number of carbonyl (C=O) groups is 1. The third-order valence-electron chi connectivity index (χ3n) is 4.59. The summed E-state index contributed by atoms with van der Waals surface area (Å²) in [7, 11) is 0. The second-order valence-electron chi connectivity index (χ2n) is 6.75. The highest BCUT2D eigenvalue weighted by atomic mass is 35.5. The van der Waals surface area contributed by atoms with Crippen LogP contribution in [-0.4, -0.2) is 15.6 Å². The summed E-state index contributed by atoms with van der Waals surface area (Å²) >= 11 is 18.1. The van der Waals surface area contributed by atoms with Crippen molar-refractivity contribution in [3.05, 3.63) is 68.8 Å². The van der Waals surface area contributed by atoms with E-state index in [0.29, 0.717) is 32.9 Å². The number of aromatic nitrogens is 2. The van der Waals surface area contributed by atoms with E-state index in [1.165, 1.54) is 0 Å². The Morgan fingerprint density at radius 2 is 1.78 bits per heavy atom. The monoisotopic (exact) mass is 419 g/mol. The Morgan fingerprint density at radius 1 is 1.04 bits per heavy atom. The average Bonchev–Trinajstić information content (AvgIpc) is 2.97. The SMILES string of the molecule is CC1CC(=O)c2c(Nc3ccc(Cl)c(Cl)c3)nn(-c3ccc(Cl)cc3)c2C1. The third-order valence-corrected chi connectivity index (χ3v) is 5.58. The summed E-state index contributed by atoms with van der Waals surface area (Å²) in [6.07, 6.45) is 1.29. The molecule has 27 heavy (non-hydrogen) atoms. The number of rotatable bonds is 3. The van der Waals surface area contributed by atoms with Gasteiger partial charge in [-0.25, -0.2) is 4.68 Å². The van der Waals surface area contributed by atoms with Crippen LogP contribution in [0.2, 0.25) is 15.1 Å². The molecule has 4 nitrogen and oxygen atoms in total. The molecule has 3 aromatic rings. The molecule has 4 rings (SSSR count). The van der Waals surface area contributed by atoms with Gasteiger partial charge in [-0.1, -0.05) is 41.7 Å². The average molecular weight is 421 g/mol. The highest BCUT2D eigenvalue weighted by Gasteiger charge is 2.31. The van der Waals surface area contributed by atoms with Crippen LogP contribution in [0.5, 0.6) is 0 Å². The van der Waals surface area contributed by atoms with E-state index in [0.717, 1.165) is 23.5 Å². The number of nitrogens with zero attached hydrogens (tertiary/aromatic N) is 2. The first kappa shape index (κ1) is 18.4. The molecular formula is C20H16Cl3N3O. The van der Waals surface area contributed by atoms with E-state index in [2.05, 4.69) is 17.3 Å². The first-order chi connectivity index (χ1) is 12.9. The van der Waals surface area contributed by atoms with Gasteiger partial charge in [0.2, 0.25) is 0 Å². The normalized spacial score (nSPS) is 16.3. The molecule has 0 spiro atoms. The van der Waals surface area contributed by atoms with Crippen molar-refractivity contribution in [1.29, 1.82) is 0 Å². The fourth-order valence-corrected chi connectivity index (χ4v) is 3.77. The van der Waals surface area contributed by atoms with E-state index in [4.69, 9.17) is 34.8 Å². The Hall–Kier alpha value is -2.01. The number of Topliss-reactive ketones (excluding diaryl/α,β-unsaturated/α-hetero) is 1. The fourth-order valence-electron chi connectivity index (χ4n) is 3.35. The molecule has 0 saturated heterocycles. The van der Waals surface area contributed by atoms with Crippen LogP contribution in [0.15, 0.2) is 42.5 Å². The second-order valence-corrected chi connectivity index (χ2v) is 8.00. The second kappa shape index (κ2) is 7.19. The Kier molecular flexibility index (Phi) is 4.89. The van der Waals surface area contributed by atoms with Crippen LogP contribution in [0.1, 0.15) is 29.4 Å². The van der Waals surface area contributed by atoms with Gasteiger partial charge in [0, 0.05) is 17.1 Å². The molecule has 1 atom stereocenters. The van der Waals surface area contributed by atoms with E-state index in [1.807, 2.05) is 28.9 Å². The first-order valence-electron chi connectivity index (χ1n) is 8.55. The van der Waals surface area contributed by atoms with Crippen molar-refractivity contribution in [3.63, 3.8) is 0 Å². The molecule has 0 fully saturated rings. The zero-order chi connectivity index (χ0) is 19.1. The predicted molar refractivity (Wildman–Crippen MR) is 110 cm³/mol. The molecular weight excluding hydrogens is 405 g/mol. The van der Waals surface area contributed by atoms with Gasteiger partial charge in [-0.2, -0.15) is 0 Å². The van der Waals surface area contributed by atoms with Crippen molar-refractivity contribution in [2.75, 3.05) is 5.32 Å². The number of benzene rings is 2. The van der Waals surface area contributed by atoms with Crippen LogP contribution < -0.4 is 5.32 Å². The van der Waals surface area contributed by atoms with Crippen molar-refractivity contribution < 1.29 is 4.79 Å². The number of halogens is 3. The molecule has 138 valence electrons. The minimum Gasteiger partial charge on any atom is -0.338 e. The zero-order valence-corrected chi connectivity index (χ0v) is 16.7. The van der Waals surface area contributed by atoms with Gasteiger partial charge in [-0.3, -0.25) is 4.79 Å². The first-order valence-corrected chi connectivity index (χ1v) is 9.69. The fraction of sp³-hybridized carbons (Fsp3) is 0.200. The Bertz CT molecular complexity index is 1030. The van der Waals surface area contributed by atoms with Gasteiger partial charge < -0.3 is 5.32 Å². The molecule has 0 bridgehead atoms. The molecule has 0 amide bonds. The van der Waals surface area contributed by atoms with E-state index in [9.17, 15) is 4.79 Å². The maximum atomic E-state index is 12.8. The third kappa shape index (κ3) is 3.57. The Balaban J connectivity index is 1.82. The van der Waals surface area contributed by atoms with Crippen LogP contribution in [0.4, 0.5) is 11.5 Å². The Morgan fingerprint density at radius 3 is 2.48 bits per heavy atom. The Labute approximate surface area is 172 Å². The quantitative estimate of drug-likeness (QED) is 0.537. The summed E-state index contributed by atoms with van der Waals surface area (Å²) in [6, 6.07) is 12.6. The van der Waals surface area contributed by atoms with Gasteiger partial charge >= 0.3 is 0 Å². The van der Waals surface area contributed by atoms with Gasteiger partial charge in [0.15, 0.2) is 11.6 Å². The van der Waals surface area contributed by atoms with Crippen molar-refractivity contribution >= 4 is 52.1 Å². The number of carbonyl (C=O) groups excluding carboxylic acids is 1. The molecule has 1 unspecified atom stereocenters. The van der Waals surface area contributed by atoms with Crippen LogP contribution in [-0.2, 0) is 6.42 Å². The maximum absolute atomic E-state index is 12.8. The molecule has 1 aliphatic carbocycles. The van der Waals surface area contributed by atoms with E-state index < -0.39 is 0 Å². The highest BCUT2D eigenvalue weighted by Crippen LogP contribution is 2.35. The zero-order valence-electron chi connectivity index (χ0n) is 14.5. The summed E-state index contributed by atoms with van der Waals surface area (Å²) in [5, 5.41) is 9.48. The van der Waals surface area contributed by atoms with Gasteiger partial charge in [-0.15, -0.1) is 5.10 Å². The lowest BCUT2D eigenvalue weighted by Crippen LogP contribution is -2.19. The largest absolute Gasteiger partial charge is 0.338 e. The van der Waals surface area contributed by atoms with E-state index in [-0.39, 0.29) is 11.7 Å². The van der Waals surface area contributed by atoms with Crippen molar-refractivity contribution in [2.45, 2.75) is 19.8 Å². The number of nitrogens with one attached hydrogen (secondary N) is 1. The molecule has 0 radical (unpaired) electrons. The lowest BCUT2D eigenvalue weighted by molar-refractivity contribution is 0.0953. The van der Waals surface area contributed by atoms with E-state index in [1.54, 1.807) is 18.2 Å². The lowest BCUT2D eigenvalue weighted by atomic mass is 9.87. The van der Waals surface area contributed by atoms with Crippen LogP contribution in [0.25, 0.3) is 5.69 Å². The van der Waals surface area contributed by atoms with Crippen molar-refractivity contribution in [2.24, 2.45) is 5.92 Å². The van der Waals surface area contributed by atoms with Gasteiger partial charge in [0.25, 0.3) is 0 Å². The number of hydrogen-bond donors (Lipinski definition) is 1. The molecule has 7 heteroatoms. The molecule has 1 aliphatic rings. The summed E-state index contributed by atoms with van der Waals surface area (Å²) in [4.78, 5) is 12.8. The number of ketones is 1. The van der Waals surface area contributed by atoms with Crippen LogP contribution >= 0.6 is 34.8 Å². The maximum Gasteiger partial charge on any atom is 0.168 e. The van der Waals surface area contributed by atoms with Crippen LogP contribution in [0.3, 0.4) is 0 Å². The minimum atomic E-state index is 0.0894. The number of hydrogen-bond acceptors (Lipinski definition) is 3. The molecule has 2 aromatic carbocycles. The standard InChI is InChI=1S/C20H16Cl3N3O/c1-11-8-17-19(18(27)9-11)20(24-13-4-7-15(22)16(23)10-13)25-26(17)14-5-2-12(21)3-6-14/h2-7,10-11H,8-9H2,1H3,(H,24,25). The lowest BCUT2D eigenvalue weighted by Gasteiger charge is -2.19. The summed E-state index contributed by atoms with van der Waals surface area (Å²) < 4.78 is 1.82. The predicted octanol–water partition coefficient (Wildman–Crippen LogP) is 6.34. The number of fused-ring (bicyclic) bond motifs is 1.